The number of rotatable bonds is 1. The van der Waals surface area contributed by atoms with Crippen LogP contribution in [0, 0.1) is 17.3 Å². The zero-order chi connectivity index (χ0) is 14.0. The predicted octanol–water partition coefficient (Wildman–Crippen LogP) is 3.12. The van der Waals surface area contributed by atoms with Gasteiger partial charge in [-0.25, -0.2) is 4.98 Å². The zero-order valence-corrected chi connectivity index (χ0v) is 11.8. The second-order valence-corrected chi connectivity index (χ2v) is 6.32. The van der Waals surface area contributed by atoms with Crippen LogP contribution in [0.2, 0.25) is 0 Å². The van der Waals surface area contributed by atoms with E-state index >= 15 is 0 Å². The molecule has 1 amide bonds. The predicted molar refractivity (Wildman–Crippen MR) is 72.3 cm³/mol. The fraction of sp³-hybridized carbons (Fsp3) is 0.600. The fourth-order valence-electron chi connectivity index (χ4n) is 2.59. The third-order valence-corrected chi connectivity index (χ3v) is 3.91. The van der Waals surface area contributed by atoms with Crippen molar-refractivity contribution in [1.29, 1.82) is 0 Å². The van der Waals surface area contributed by atoms with Gasteiger partial charge in [0.2, 0.25) is 5.95 Å². The van der Waals surface area contributed by atoms with Crippen molar-refractivity contribution in [2.24, 2.45) is 11.3 Å². The molecule has 19 heavy (non-hydrogen) atoms. The molecule has 0 N–H and O–H groups in total. The largest absolute Gasteiger partial charge is 0.338 e. The highest BCUT2D eigenvalue weighted by Crippen LogP contribution is 2.33. The highest BCUT2D eigenvalue weighted by atomic mass is 19.1. The summed E-state index contributed by atoms with van der Waals surface area (Å²) in [5, 5.41) is 0. The van der Waals surface area contributed by atoms with Gasteiger partial charge in [0, 0.05) is 30.9 Å². The number of piperidine rings is 1. The number of carbonyl (C=O) groups excluding carboxylic acids is 1. The Balaban J connectivity index is 2.11. The van der Waals surface area contributed by atoms with Gasteiger partial charge in [0.15, 0.2) is 0 Å². The summed E-state index contributed by atoms with van der Waals surface area (Å²) >= 11 is 0. The summed E-state index contributed by atoms with van der Waals surface area (Å²) in [4.78, 5) is 17.7. The summed E-state index contributed by atoms with van der Waals surface area (Å²) in [5.74, 6) is -0.192. The molecule has 4 heteroatoms. The van der Waals surface area contributed by atoms with Crippen molar-refractivity contribution in [3.63, 3.8) is 0 Å². The van der Waals surface area contributed by atoms with E-state index in [9.17, 15) is 9.18 Å². The molecule has 104 valence electrons. The Morgan fingerprint density at radius 1 is 1.47 bits per heavy atom. The molecule has 1 atom stereocenters. The number of aromatic nitrogens is 1. The topological polar surface area (TPSA) is 33.2 Å². The lowest BCUT2D eigenvalue weighted by atomic mass is 9.76. The van der Waals surface area contributed by atoms with Crippen LogP contribution in [-0.4, -0.2) is 28.9 Å². The molecule has 0 radical (unpaired) electrons. The van der Waals surface area contributed by atoms with Gasteiger partial charge in [0.05, 0.1) is 0 Å². The molecule has 2 rings (SSSR count). The molecule has 3 nitrogen and oxygen atoms in total. The van der Waals surface area contributed by atoms with Gasteiger partial charge >= 0.3 is 0 Å². The first-order valence-electron chi connectivity index (χ1n) is 6.79. The van der Waals surface area contributed by atoms with Crippen LogP contribution in [-0.2, 0) is 0 Å². The summed E-state index contributed by atoms with van der Waals surface area (Å²) in [6, 6.07) is 2.79. The molecular formula is C15H21FN2O. The molecule has 1 aliphatic heterocycles. The smallest absolute Gasteiger partial charge is 0.254 e. The first-order chi connectivity index (χ1) is 8.88. The Kier molecular flexibility index (Phi) is 3.88. The minimum atomic E-state index is -0.602. The van der Waals surface area contributed by atoms with Crippen LogP contribution in [0.25, 0.3) is 0 Å². The molecule has 1 aromatic heterocycles. The number of amides is 1. The van der Waals surface area contributed by atoms with Crippen molar-refractivity contribution < 1.29 is 9.18 Å². The van der Waals surface area contributed by atoms with Gasteiger partial charge in [-0.3, -0.25) is 4.79 Å². The molecule has 0 bridgehead atoms. The SMILES string of the molecule is CC(C)(C)C1CCCN(C(=O)c2ccnc(F)c2)C1. The van der Waals surface area contributed by atoms with Gasteiger partial charge in [-0.1, -0.05) is 20.8 Å². The Bertz CT molecular complexity index is 467. The van der Waals surface area contributed by atoms with E-state index in [1.165, 1.54) is 12.3 Å². The van der Waals surface area contributed by atoms with E-state index < -0.39 is 5.95 Å². The van der Waals surface area contributed by atoms with Gasteiger partial charge in [-0.15, -0.1) is 0 Å². The first kappa shape index (κ1) is 14.0. The highest BCUT2D eigenvalue weighted by Gasteiger charge is 2.31. The van der Waals surface area contributed by atoms with Crippen LogP contribution in [0.4, 0.5) is 4.39 Å². The van der Waals surface area contributed by atoms with E-state index in [2.05, 4.69) is 25.8 Å². The standard InChI is InChI=1S/C15H21FN2O/c1-15(2,3)12-5-4-8-18(10-12)14(19)11-6-7-17-13(16)9-11/h6-7,9,12H,4-5,8,10H2,1-3H3. The molecular weight excluding hydrogens is 243 g/mol. The van der Waals surface area contributed by atoms with E-state index in [1.807, 2.05) is 4.90 Å². The maximum atomic E-state index is 13.1. The van der Waals surface area contributed by atoms with E-state index in [0.717, 1.165) is 25.9 Å². The molecule has 1 unspecified atom stereocenters. The first-order valence-corrected chi connectivity index (χ1v) is 6.79. The molecule has 1 aromatic rings. The minimum absolute atomic E-state index is 0.0877. The van der Waals surface area contributed by atoms with E-state index in [4.69, 9.17) is 0 Å². The minimum Gasteiger partial charge on any atom is -0.338 e. The van der Waals surface area contributed by atoms with Crippen LogP contribution in [0.15, 0.2) is 18.3 Å². The molecule has 2 heterocycles. The lowest BCUT2D eigenvalue weighted by Gasteiger charge is -2.39. The Morgan fingerprint density at radius 3 is 2.84 bits per heavy atom. The maximum Gasteiger partial charge on any atom is 0.254 e. The summed E-state index contributed by atoms with van der Waals surface area (Å²) in [7, 11) is 0. The van der Waals surface area contributed by atoms with Crippen molar-refractivity contribution in [3.05, 3.63) is 29.8 Å². The zero-order valence-electron chi connectivity index (χ0n) is 11.8. The quantitative estimate of drug-likeness (QED) is 0.730. The third-order valence-electron chi connectivity index (χ3n) is 3.91. The second kappa shape index (κ2) is 5.27. The van der Waals surface area contributed by atoms with Crippen molar-refractivity contribution in [2.45, 2.75) is 33.6 Å². The number of hydrogen-bond acceptors (Lipinski definition) is 2. The van der Waals surface area contributed by atoms with Crippen molar-refractivity contribution >= 4 is 5.91 Å². The van der Waals surface area contributed by atoms with E-state index in [-0.39, 0.29) is 11.3 Å². The molecule has 1 aliphatic rings. The van der Waals surface area contributed by atoms with E-state index in [0.29, 0.717) is 11.5 Å². The molecule has 0 saturated carbocycles. The molecule has 1 fully saturated rings. The summed E-state index contributed by atoms with van der Waals surface area (Å²) in [5.41, 5.74) is 0.588. The number of pyridine rings is 1. The van der Waals surface area contributed by atoms with Gasteiger partial charge < -0.3 is 4.90 Å². The molecule has 0 aliphatic carbocycles. The number of hydrogen-bond donors (Lipinski definition) is 0. The monoisotopic (exact) mass is 264 g/mol. The molecule has 0 aromatic carbocycles. The van der Waals surface area contributed by atoms with Gasteiger partial charge in [0.25, 0.3) is 5.91 Å². The van der Waals surface area contributed by atoms with Gasteiger partial charge in [0.1, 0.15) is 0 Å². The Morgan fingerprint density at radius 2 is 2.21 bits per heavy atom. The lowest BCUT2D eigenvalue weighted by molar-refractivity contribution is 0.0562. The Labute approximate surface area is 113 Å². The van der Waals surface area contributed by atoms with Crippen molar-refractivity contribution in [3.8, 4) is 0 Å². The molecule has 1 saturated heterocycles. The number of halogens is 1. The van der Waals surface area contributed by atoms with Gasteiger partial charge in [-0.05, 0) is 30.2 Å². The summed E-state index contributed by atoms with van der Waals surface area (Å²) in [6.07, 6.45) is 3.51. The highest BCUT2D eigenvalue weighted by molar-refractivity contribution is 5.94. The average Bonchev–Trinajstić information content (AvgIpc) is 2.37. The van der Waals surface area contributed by atoms with Crippen LogP contribution >= 0.6 is 0 Å². The summed E-state index contributed by atoms with van der Waals surface area (Å²) in [6.45, 7) is 8.13. The second-order valence-electron chi connectivity index (χ2n) is 6.32. The summed E-state index contributed by atoms with van der Waals surface area (Å²) < 4.78 is 13.1. The maximum absolute atomic E-state index is 13.1. The van der Waals surface area contributed by atoms with Crippen LogP contribution < -0.4 is 0 Å². The average molecular weight is 264 g/mol. The third kappa shape index (κ3) is 3.31. The number of carbonyl (C=O) groups is 1. The van der Waals surface area contributed by atoms with Crippen LogP contribution in [0.5, 0.6) is 0 Å². The fourth-order valence-corrected chi connectivity index (χ4v) is 2.59. The lowest BCUT2D eigenvalue weighted by Crippen LogP contribution is -2.43. The van der Waals surface area contributed by atoms with Crippen molar-refractivity contribution in [2.75, 3.05) is 13.1 Å². The number of nitrogens with zero attached hydrogens (tertiary/aromatic N) is 2. The van der Waals surface area contributed by atoms with Gasteiger partial charge in [-0.2, -0.15) is 4.39 Å². The Hall–Kier alpha value is -1.45. The number of likely N-dealkylation sites (tertiary alicyclic amines) is 1. The van der Waals surface area contributed by atoms with Crippen LogP contribution in [0.3, 0.4) is 0 Å². The molecule has 0 spiro atoms. The van der Waals surface area contributed by atoms with E-state index in [1.54, 1.807) is 6.07 Å². The van der Waals surface area contributed by atoms with Crippen LogP contribution in [0.1, 0.15) is 44.0 Å². The van der Waals surface area contributed by atoms with Crippen molar-refractivity contribution in [1.82, 2.24) is 9.88 Å². The normalized spacial score (nSPS) is 20.4.